The van der Waals surface area contributed by atoms with Gasteiger partial charge >= 0.3 is 5.97 Å². The maximum absolute atomic E-state index is 11.0. The number of esters is 1. The highest BCUT2D eigenvalue weighted by Gasteiger charge is 1.94. The van der Waals surface area contributed by atoms with E-state index >= 15 is 0 Å². The van der Waals surface area contributed by atoms with E-state index in [4.69, 9.17) is 9.47 Å². The van der Waals surface area contributed by atoms with Crippen LogP contribution in [0.1, 0.15) is 31.7 Å². The van der Waals surface area contributed by atoms with E-state index in [1.165, 1.54) is 11.6 Å². The fourth-order valence-electron chi connectivity index (χ4n) is 1.60. The van der Waals surface area contributed by atoms with Gasteiger partial charge in [0, 0.05) is 12.7 Å². The molecule has 0 aliphatic carbocycles. The average molecular weight is 262 g/mol. The van der Waals surface area contributed by atoms with Crippen LogP contribution in [0, 0.1) is 0 Å². The Bertz CT molecular complexity index is 371. The van der Waals surface area contributed by atoms with Gasteiger partial charge in [0.15, 0.2) is 0 Å². The molecule has 1 rings (SSSR count). The van der Waals surface area contributed by atoms with Crippen molar-refractivity contribution in [1.82, 2.24) is 0 Å². The zero-order chi connectivity index (χ0) is 13.8. The van der Waals surface area contributed by atoms with E-state index in [9.17, 15) is 4.79 Å². The van der Waals surface area contributed by atoms with Crippen LogP contribution in [0.5, 0.6) is 0 Å². The highest BCUT2D eigenvalue weighted by Crippen LogP contribution is 2.03. The Balaban J connectivity index is 1.95. The zero-order valence-corrected chi connectivity index (χ0v) is 11.5. The van der Waals surface area contributed by atoms with Crippen molar-refractivity contribution >= 4 is 5.97 Å². The first-order chi connectivity index (χ1) is 9.33. The molecular formula is C16H22O3. The number of benzene rings is 1. The molecule has 0 aliphatic heterocycles. The van der Waals surface area contributed by atoms with Gasteiger partial charge in [-0.25, -0.2) is 4.79 Å². The van der Waals surface area contributed by atoms with Crippen LogP contribution in [0.25, 0.3) is 0 Å². The van der Waals surface area contributed by atoms with Gasteiger partial charge in [-0.1, -0.05) is 36.4 Å². The van der Waals surface area contributed by atoms with Crippen molar-refractivity contribution in [3.8, 4) is 0 Å². The minimum atomic E-state index is -0.261. The Morgan fingerprint density at radius 1 is 1.21 bits per heavy atom. The molecule has 0 amide bonds. The van der Waals surface area contributed by atoms with Crippen LogP contribution in [0.4, 0.5) is 0 Å². The molecule has 1 aromatic carbocycles. The number of ether oxygens (including phenoxy) is 2. The van der Waals surface area contributed by atoms with Gasteiger partial charge in [0.1, 0.15) is 0 Å². The number of allylic oxidation sites excluding steroid dienone is 1. The van der Waals surface area contributed by atoms with E-state index in [-0.39, 0.29) is 5.97 Å². The molecule has 0 fully saturated rings. The van der Waals surface area contributed by atoms with Gasteiger partial charge < -0.3 is 9.47 Å². The summed E-state index contributed by atoms with van der Waals surface area (Å²) in [6.45, 7) is 3.65. The van der Waals surface area contributed by atoms with Crippen molar-refractivity contribution in [2.75, 3.05) is 13.2 Å². The quantitative estimate of drug-likeness (QED) is 0.388. The summed E-state index contributed by atoms with van der Waals surface area (Å²) in [5, 5.41) is 0. The molecule has 0 bridgehead atoms. The molecule has 0 aromatic heterocycles. The van der Waals surface area contributed by atoms with Crippen LogP contribution in [0.3, 0.4) is 0 Å². The van der Waals surface area contributed by atoms with Crippen LogP contribution in [-0.2, 0) is 20.9 Å². The lowest BCUT2D eigenvalue weighted by molar-refractivity contribution is -0.137. The van der Waals surface area contributed by atoms with Crippen LogP contribution in [-0.4, -0.2) is 19.2 Å². The normalized spacial score (nSPS) is 10.8. The van der Waals surface area contributed by atoms with Gasteiger partial charge in [-0.15, -0.1) is 0 Å². The molecule has 0 aliphatic rings. The highest BCUT2D eigenvalue weighted by atomic mass is 16.5. The Morgan fingerprint density at radius 3 is 2.74 bits per heavy atom. The Labute approximate surface area is 115 Å². The molecule has 104 valence electrons. The molecule has 1 aromatic rings. The monoisotopic (exact) mass is 262 g/mol. The number of hydrogen-bond donors (Lipinski definition) is 0. The van der Waals surface area contributed by atoms with E-state index < -0.39 is 0 Å². The minimum absolute atomic E-state index is 0.261. The fraction of sp³-hybridized carbons (Fsp3) is 0.438. The molecular weight excluding hydrogens is 240 g/mol. The maximum atomic E-state index is 11.0. The Kier molecular flexibility index (Phi) is 8.39. The SMILES string of the molecule is CCOC(=O)/C=C/CCCCOCc1ccccc1. The number of hydrogen-bond acceptors (Lipinski definition) is 3. The third-order valence-electron chi connectivity index (χ3n) is 2.56. The largest absolute Gasteiger partial charge is 0.463 e. The van der Waals surface area contributed by atoms with Gasteiger partial charge in [0.25, 0.3) is 0 Å². The molecule has 0 radical (unpaired) electrons. The number of carbonyl (C=O) groups is 1. The van der Waals surface area contributed by atoms with Gasteiger partial charge in [-0.05, 0) is 31.7 Å². The van der Waals surface area contributed by atoms with Crippen molar-refractivity contribution in [2.24, 2.45) is 0 Å². The molecule has 3 heteroatoms. The average Bonchev–Trinajstić information content (AvgIpc) is 2.43. The molecule has 0 unspecified atom stereocenters. The lowest BCUT2D eigenvalue weighted by Gasteiger charge is -2.03. The van der Waals surface area contributed by atoms with E-state index in [1.54, 1.807) is 6.92 Å². The van der Waals surface area contributed by atoms with Crippen molar-refractivity contribution in [2.45, 2.75) is 32.8 Å². The molecule has 0 atom stereocenters. The summed E-state index contributed by atoms with van der Waals surface area (Å²) in [7, 11) is 0. The zero-order valence-electron chi connectivity index (χ0n) is 11.5. The second kappa shape index (κ2) is 10.3. The van der Waals surface area contributed by atoms with Crippen molar-refractivity contribution in [3.05, 3.63) is 48.0 Å². The molecule has 0 saturated carbocycles. The van der Waals surface area contributed by atoms with E-state index in [0.29, 0.717) is 13.2 Å². The third-order valence-corrected chi connectivity index (χ3v) is 2.56. The predicted octanol–water partition coefficient (Wildman–Crippen LogP) is 3.49. The summed E-state index contributed by atoms with van der Waals surface area (Å²) in [6.07, 6.45) is 6.25. The molecule has 19 heavy (non-hydrogen) atoms. The first-order valence-electron chi connectivity index (χ1n) is 6.78. The lowest BCUT2D eigenvalue weighted by Crippen LogP contribution is -1.98. The van der Waals surface area contributed by atoms with E-state index in [2.05, 4.69) is 12.1 Å². The molecule has 0 N–H and O–H groups in total. The van der Waals surface area contributed by atoms with Gasteiger partial charge in [-0.3, -0.25) is 0 Å². The summed E-state index contributed by atoms with van der Waals surface area (Å²) in [4.78, 5) is 11.0. The number of rotatable bonds is 9. The standard InChI is InChI=1S/C16H22O3/c1-2-19-16(17)12-8-3-4-9-13-18-14-15-10-6-5-7-11-15/h5-8,10-12H,2-4,9,13-14H2,1H3/b12-8+. The molecule has 0 heterocycles. The smallest absolute Gasteiger partial charge is 0.330 e. The second-order valence-electron chi connectivity index (χ2n) is 4.19. The van der Waals surface area contributed by atoms with Crippen molar-refractivity contribution in [1.29, 1.82) is 0 Å². The van der Waals surface area contributed by atoms with Gasteiger partial charge in [0.05, 0.1) is 13.2 Å². The van der Waals surface area contributed by atoms with Crippen LogP contribution < -0.4 is 0 Å². The summed E-state index contributed by atoms with van der Waals surface area (Å²) in [5.41, 5.74) is 1.20. The summed E-state index contributed by atoms with van der Waals surface area (Å²) < 4.78 is 10.4. The number of carbonyl (C=O) groups excluding carboxylic acids is 1. The summed E-state index contributed by atoms with van der Waals surface area (Å²) in [5.74, 6) is -0.261. The summed E-state index contributed by atoms with van der Waals surface area (Å²) in [6, 6.07) is 10.1. The first-order valence-corrected chi connectivity index (χ1v) is 6.78. The number of unbranched alkanes of at least 4 members (excludes halogenated alkanes) is 2. The van der Waals surface area contributed by atoms with Crippen molar-refractivity contribution in [3.63, 3.8) is 0 Å². The maximum Gasteiger partial charge on any atom is 0.330 e. The first kappa shape index (κ1) is 15.4. The van der Waals surface area contributed by atoms with Crippen LogP contribution in [0.15, 0.2) is 42.5 Å². The Morgan fingerprint density at radius 2 is 2.00 bits per heavy atom. The molecule has 3 nitrogen and oxygen atoms in total. The Hall–Kier alpha value is -1.61. The minimum Gasteiger partial charge on any atom is -0.463 e. The topological polar surface area (TPSA) is 35.5 Å². The van der Waals surface area contributed by atoms with Gasteiger partial charge in [-0.2, -0.15) is 0 Å². The highest BCUT2D eigenvalue weighted by molar-refractivity contribution is 5.81. The van der Waals surface area contributed by atoms with Crippen molar-refractivity contribution < 1.29 is 14.3 Å². The van der Waals surface area contributed by atoms with Crippen LogP contribution in [0.2, 0.25) is 0 Å². The van der Waals surface area contributed by atoms with E-state index in [0.717, 1.165) is 25.9 Å². The fourth-order valence-corrected chi connectivity index (χ4v) is 1.60. The molecule has 0 spiro atoms. The second-order valence-corrected chi connectivity index (χ2v) is 4.19. The lowest BCUT2D eigenvalue weighted by atomic mass is 10.2. The predicted molar refractivity (Wildman–Crippen MR) is 75.7 cm³/mol. The van der Waals surface area contributed by atoms with Crippen LogP contribution >= 0.6 is 0 Å². The summed E-state index contributed by atoms with van der Waals surface area (Å²) >= 11 is 0. The molecule has 0 saturated heterocycles. The van der Waals surface area contributed by atoms with E-state index in [1.807, 2.05) is 24.3 Å². The van der Waals surface area contributed by atoms with Gasteiger partial charge in [0.2, 0.25) is 0 Å². The third kappa shape index (κ3) is 8.16.